The van der Waals surface area contributed by atoms with Gasteiger partial charge in [-0.05, 0) is 23.3 Å². The fourth-order valence-corrected chi connectivity index (χ4v) is 2.83. The number of rotatable bonds is 5. The van der Waals surface area contributed by atoms with E-state index in [1.807, 2.05) is 48.5 Å². The number of ether oxygens (including phenoxy) is 1. The van der Waals surface area contributed by atoms with E-state index in [0.717, 1.165) is 32.9 Å². The molecule has 3 aromatic carbocycles. The van der Waals surface area contributed by atoms with Gasteiger partial charge in [-0.1, -0.05) is 73.3 Å². The molecular weight excluding hydrogens is 300 g/mol. The van der Waals surface area contributed by atoms with Gasteiger partial charge in [-0.2, -0.15) is 0 Å². The molecule has 0 unspecified atom stereocenters. The Morgan fingerprint density at radius 3 is 1.74 bits per heavy atom. The van der Waals surface area contributed by atoms with Crippen molar-refractivity contribution in [2.24, 2.45) is 0 Å². The van der Waals surface area contributed by atoms with E-state index in [9.17, 15) is 0 Å². The molecule has 3 aromatic rings. The van der Waals surface area contributed by atoms with Crippen molar-refractivity contribution in [3.63, 3.8) is 0 Å². The van der Waals surface area contributed by atoms with Crippen LogP contribution in [-0.4, -0.2) is 6.61 Å². The highest BCUT2D eigenvalue weighted by molar-refractivity contribution is 7.80. The lowest BCUT2D eigenvalue weighted by molar-refractivity contribution is 0.366. The van der Waals surface area contributed by atoms with Gasteiger partial charge in [-0.3, -0.25) is 0 Å². The Balaban J connectivity index is 2.23. The van der Waals surface area contributed by atoms with Crippen molar-refractivity contribution in [3.8, 4) is 28.0 Å². The topological polar surface area (TPSA) is 9.23 Å². The van der Waals surface area contributed by atoms with E-state index >= 15 is 0 Å². The first-order valence-corrected chi connectivity index (χ1v) is 7.96. The molecule has 114 valence electrons. The molecule has 0 saturated heterocycles. The standard InChI is InChI=1S/C21H18OS/c1-2-13-22-21-19(16-9-5-3-6-10-16)14-18(23)15-20(21)17-11-7-4-8-12-17/h2-12,14-15,23H,1,13H2. The van der Waals surface area contributed by atoms with E-state index in [0.29, 0.717) is 6.61 Å². The molecule has 0 heterocycles. The van der Waals surface area contributed by atoms with E-state index in [1.54, 1.807) is 6.08 Å². The maximum absolute atomic E-state index is 6.03. The average Bonchev–Trinajstić information content (AvgIpc) is 2.61. The molecule has 0 radical (unpaired) electrons. The van der Waals surface area contributed by atoms with E-state index in [1.165, 1.54) is 0 Å². The third-order valence-corrected chi connectivity index (χ3v) is 3.85. The molecule has 2 heteroatoms. The molecular formula is C21H18OS. The summed E-state index contributed by atoms with van der Waals surface area (Å²) in [4.78, 5) is 0.911. The van der Waals surface area contributed by atoms with Crippen LogP contribution in [0, 0.1) is 0 Å². The predicted octanol–water partition coefficient (Wildman–Crippen LogP) is 5.87. The third kappa shape index (κ3) is 3.49. The Morgan fingerprint density at radius 2 is 1.30 bits per heavy atom. The lowest BCUT2D eigenvalue weighted by Gasteiger charge is -2.17. The highest BCUT2D eigenvalue weighted by Crippen LogP contribution is 2.41. The summed E-state index contributed by atoms with van der Waals surface area (Å²) in [5.41, 5.74) is 4.30. The van der Waals surface area contributed by atoms with Crippen molar-refractivity contribution in [3.05, 3.63) is 85.5 Å². The summed E-state index contributed by atoms with van der Waals surface area (Å²) in [5, 5.41) is 0. The van der Waals surface area contributed by atoms with Crippen LogP contribution in [0.25, 0.3) is 22.3 Å². The molecule has 0 fully saturated rings. The van der Waals surface area contributed by atoms with Crippen LogP contribution in [0.4, 0.5) is 0 Å². The average molecular weight is 318 g/mol. The van der Waals surface area contributed by atoms with Crippen molar-refractivity contribution < 1.29 is 4.74 Å². The molecule has 23 heavy (non-hydrogen) atoms. The third-order valence-electron chi connectivity index (χ3n) is 3.59. The number of thiol groups is 1. The smallest absolute Gasteiger partial charge is 0.135 e. The second kappa shape index (κ2) is 7.21. The largest absolute Gasteiger partial charge is 0.488 e. The van der Waals surface area contributed by atoms with Gasteiger partial charge in [0.15, 0.2) is 0 Å². The first kappa shape index (κ1) is 15.4. The van der Waals surface area contributed by atoms with Crippen molar-refractivity contribution in [1.29, 1.82) is 0 Å². The molecule has 0 N–H and O–H groups in total. The summed E-state index contributed by atoms with van der Waals surface area (Å²) in [6, 6.07) is 24.5. The van der Waals surface area contributed by atoms with Gasteiger partial charge in [0.05, 0.1) is 0 Å². The highest BCUT2D eigenvalue weighted by Gasteiger charge is 2.14. The predicted molar refractivity (Wildman–Crippen MR) is 100 cm³/mol. The van der Waals surface area contributed by atoms with E-state index < -0.39 is 0 Å². The van der Waals surface area contributed by atoms with Gasteiger partial charge in [-0.15, -0.1) is 12.6 Å². The summed E-state index contributed by atoms with van der Waals surface area (Å²) >= 11 is 4.59. The summed E-state index contributed by atoms with van der Waals surface area (Å²) in [6.45, 7) is 4.22. The second-order valence-corrected chi connectivity index (χ2v) is 5.72. The lowest BCUT2D eigenvalue weighted by atomic mass is 9.97. The molecule has 3 rings (SSSR count). The van der Waals surface area contributed by atoms with Crippen LogP contribution in [0.2, 0.25) is 0 Å². The van der Waals surface area contributed by atoms with Gasteiger partial charge in [0.1, 0.15) is 12.4 Å². The number of benzene rings is 3. The van der Waals surface area contributed by atoms with E-state index in [4.69, 9.17) is 4.74 Å². The molecule has 0 aromatic heterocycles. The van der Waals surface area contributed by atoms with Gasteiger partial charge in [-0.25, -0.2) is 0 Å². The zero-order valence-corrected chi connectivity index (χ0v) is 13.7. The summed E-state index contributed by atoms with van der Waals surface area (Å²) < 4.78 is 6.03. The van der Waals surface area contributed by atoms with Crippen LogP contribution in [0.3, 0.4) is 0 Å². The Morgan fingerprint density at radius 1 is 0.826 bits per heavy atom. The summed E-state index contributed by atoms with van der Waals surface area (Å²) in [6.07, 6.45) is 1.76. The van der Waals surface area contributed by atoms with Crippen molar-refractivity contribution in [2.45, 2.75) is 4.90 Å². The molecule has 0 aliphatic rings. The van der Waals surface area contributed by atoms with Crippen LogP contribution in [0.1, 0.15) is 0 Å². The molecule has 0 bridgehead atoms. The number of hydrogen-bond donors (Lipinski definition) is 1. The molecule has 0 amide bonds. The minimum Gasteiger partial charge on any atom is -0.488 e. The number of hydrogen-bond acceptors (Lipinski definition) is 2. The zero-order chi connectivity index (χ0) is 16.1. The van der Waals surface area contributed by atoms with Crippen LogP contribution in [0.15, 0.2) is 90.3 Å². The molecule has 0 aliphatic carbocycles. The zero-order valence-electron chi connectivity index (χ0n) is 12.8. The molecule has 0 atom stereocenters. The Labute approximate surface area is 142 Å². The first-order chi connectivity index (χ1) is 11.3. The summed E-state index contributed by atoms with van der Waals surface area (Å²) in [5.74, 6) is 0.861. The minimum atomic E-state index is 0.464. The SMILES string of the molecule is C=CCOc1c(-c2ccccc2)cc(S)cc1-c1ccccc1. The normalized spacial score (nSPS) is 10.3. The second-order valence-electron chi connectivity index (χ2n) is 5.20. The maximum atomic E-state index is 6.03. The van der Waals surface area contributed by atoms with Gasteiger partial charge >= 0.3 is 0 Å². The molecule has 0 spiro atoms. The van der Waals surface area contributed by atoms with Crippen LogP contribution >= 0.6 is 12.6 Å². The fourth-order valence-electron chi connectivity index (χ4n) is 2.58. The van der Waals surface area contributed by atoms with E-state index in [-0.39, 0.29) is 0 Å². The van der Waals surface area contributed by atoms with Gasteiger partial charge in [0.2, 0.25) is 0 Å². The molecule has 0 saturated carbocycles. The quantitative estimate of drug-likeness (QED) is 0.457. The van der Waals surface area contributed by atoms with Crippen molar-refractivity contribution >= 4 is 12.6 Å². The first-order valence-electron chi connectivity index (χ1n) is 7.51. The Hall–Kier alpha value is -2.45. The van der Waals surface area contributed by atoms with Crippen molar-refractivity contribution in [1.82, 2.24) is 0 Å². The Kier molecular flexibility index (Phi) is 4.84. The van der Waals surface area contributed by atoms with Gasteiger partial charge in [0.25, 0.3) is 0 Å². The van der Waals surface area contributed by atoms with Crippen LogP contribution < -0.4 is 4.74 Å². The van der Waals surface area contributed by atoms with E-state index in [2.05, 4.69) is 43.5 Å². The summed E-state index contributed by atoms with van der Waals surface area (Å²) in [7, 11) is 0. The Bertz CT molecular complexity index is 734. The fraction of sp³-hybridized carbons (Fsp3) is 0.0476. The molecule has 1 nitrogen and oxygen atoms in total. The van der Waals surface area contributed by atoms with Crippen LogP contribution in [0.5, 0.6) is 5.75 Å². The van der Waals surface area contributed by atoms with Crippen LogP contribution in [-0.2, 0) is 0 Å². The molecule has 0 aliphatic heterocycles. The van der Waals surface area contributed by atoms with Crippen molar-refractivity contribution in [2.75, 3.05) is 6.61 Å². The minimum absolute atomic E-state index is 0.464. The highest BCUT2D eigenvalue weighted by atomic mass is 32.1. The van der Waals surface area contributed by atoms with Gasteiger partial charge < -0.3 is 4.74 Å². The monoisotopic (exact) mass is 318 g/mol. The van der Waals surface area contributed by atoms with Gasteiger partial charge in [0, 0.05) is 16.0 Å². The lowest BCUT2D eigenvalue weighted by Crippen LogP contribution is -1.98. The maximum Gasteiger partial charge on any atom is 0.135 e.